The molecule has 0 fully saturated rings. The summed E-state index contributed by atoms with van der Waals surface area (Å²) in [5.74, 6) is 0.505. The van der Waals surface area contributed by atoms with Crippen LogP contribution in [-0.2, 0) is 16.4 Å². The van der Waals surface area contributed by atoms with Gasteiger partial charge in [-0.1, -0.05) is 32.0 Å². The number of halogens is 4. The molecule has 0 saturated heterocycles. The topological polar surface area (TPSA) is 55.1 Å². The average molecular weight is 385 g/mol. The second-order valence-electron chi connectivity index (χ2n) is 6.07. The Kier molecular flexibility index (Phi) is 9.17. The van der Waals surface area contributed by atoms with Crippen molar-refractivity contribution in [3.8, 4) is 0 Å². The number of carbonyl (C=O) groups is 1. The first-order valence-corrected chi connectivity index (χ1v) is 8.67. The van der Waals surface area contributed by atoms with Gasteiger partial charge < -0.3 is 11.1 Å². The Bertz CT molecular complexity index is 538. The molecule has 1 amide bonds. The Labute approximate surface area is 151 Å². The first-order chi connectivity index (χ1) is 10.6. The fourth-order valence-corrected chi connectivity index (χ4v) is 2.52. The van der Waals surface area contributed by atoms with Crippen LogP contribution in [0.4, 0.5) is 13.2 Å². The minimum absolute atomic E-state index is 0. The summed E-state index contributed by atoms with van der Waals surface area (Å²) in [7, 11) is 0. The van der Waals surface area contributed by atoms with E-state index in [4.69, 9.17) is 5.73 Å². The molecule has 8 heteroatoms. The predicted molar refractivity (Wildman–Crippen MR) is 95.7 cm³/mol. The Hall–Kier alpha value is -0.920. The van der Waals surface area contributed by atoms with Crippen molar-refractivity contribution in [1.82, 2.24) is 5.32 Å². The lowest BCUT2D eigenvalue weighted by Crippen LogP contribution is -2.45. The third kappa shape index (κ3) is 6.91. The predicted octanol–water partition coefficient (Wildman–Crippen LogP) is 3.60. The quantitative estimate of drug-likeness (QED) is 0.755. The van der Waals surface area contributed by atoms with Gasteiger partial charge in [0.2, 0.25) is 5.91 Å². The van der Waals surface area contributed by atoms with Crippen molar-refractivity contribution in [2.24, 2.45) is 5.73 Å². The van der Waals surface area contributed by atoms with Crippen molar-refractivity contribution in [1.29, 1.82) is 0 Å². The monoisotopic (exact) mass is 384 g/mol. The highest BCUT2D eigenvalue weighted by molar-refractivity contribution is 7.98. The highest BCUT2D eigenvalue weighted by Crippen LogP contribution is 2.32. The van der Waals surface area contributed by atoms with Gasteiger partial charge in [0.15, 0.2) is 0 Å². The van der Waals surface area contributed by atoms with E-state index in [1.54, 1.807) is 31.7 Å². The van der Waals surface area contributed by atoms with Crippen LogP contribution in [0.25, 0.3) is 0 Å². The second kappa shape index (κ2) is 9.53. The van der Waals surface area contributed by atoms with Crippen LogP contribution in [-0.4, -0.2) is 30.5 Å². The Morgan fingerprint density at radius 3 is 2.42 bits per heavy atom. The van der Waals surface area contributed by atoms with Gasteiger partial charge in [0.25, 0.3) is 0 Å². The molecule has 0 radical (unpaired) electrons. The SMILES string of the molecule is CSCC[C@H](N)C(=O)NCC(C)(C)c1cccc(C(F)(F)F)c1.Cl. The number of thioether (sulfide) groups is 1. The molecule has 0 saturated carbocycles. The van der Waals surface area contributed by atoms with Gasteiger partial charge in [0.1, 0.15) is 0 Å². The lowest BCUT2D eigenvalue weighted by molar-refractivity contribution is -0.137. The number of carbonyl (C=O) groups excluding carboxylic acids is 1. The molecular weight excluding hydrogens is 361 g/mol. The van der Waals surface area contributed by atoms with Gasteiger partial charge >= 0.3 is 6.18 Å². The van der Waals surface area contributed by atoms with Gasteiger partial charge in [-0.2, -0.15) is 24.9 Å². The van der Waals surface area contributed by atoms with E-state index in [2.05, 4.69) is 5.32 Å². The molecule has 24 heavy (non-hydrogen) atoms. The standard InChI is InChI=1S/C16H23F3N2OS.ClH/c1-15(2,10-21-14(22)13(20)7-8-23-3)11-5-4-6-12(9-11)16(17,18)19;/h4-6,9,13H,7-8,10,20H2,1-3H3,(H,21,22);1H/t13-;/m0./s1. The lowest BCUT2D eigenvalue weighted by atomic mass is 9.83. The summed E-state index contributed by atoms with van der Waals surface area (Å²) in [6, 6.07) is 4.58. The number of nitrogens with two attached hydrogens (primary N) is 1. The first-order valence-electron chi connectivity index (χ1n) is 7.28. The van der Waals surface area contributed by atoms with E-state index in [0.29, 0.717) is 12.0 Å². The maximum absolute atomic E-state index is 12.8. The molecule has 1 rings (SSSR count). The molecule has 1 atom stereocenters. The summed E-state index contributed by atoms with van der Waals surface area (Å²) in [5.41, 5.74) is 4.98. The van der Waals surface area contributed by atoms with E-state index in [9.17, 15) is 18.0 Å². The number of hydrogen-bond donors (Lipinski definition) is 2. The van der Waals surface area contributed by atoms with Crippen LogP contribution in [0.3, 0.4) is 0 Å². The minimum atomic E-state index is -4.38. The van der Waals surface area contributed by atoms with Crippen LogP contribution in [0.1, 0.15) is 31.4 Å². The van der Waals surface area contributed by atoms with Gasteiger partial charge in [0, 0.05) is 12.0 Å². The molecular formula is C16H24ClF3N2OS. The highest BCUT2D eigenvalue weighted by atomic mass is 35.5. The zero-order chi connectivity index (χ0) is 17.7. The first kappa shape index (κ1) is 23.1. The fraction of sp³-hybridized carbons (Fsp3) is 0.562. The van der Waals surface area contributed by atoms with Crippen LogP contribution in [0.15, 0.2) is 24.3 Å². The van der Waals surface area contributed by atoms with E-state index in [1.807, 2.05) is 6.26 Å². The van der Waals surface area contributed by atoms with Gasteiger partial charge in [-0.3, -0.25) is 4.79 Å². The van der Waals surface area contributed by atoms with Crippen LogP contribution >= 0.6 is 24.2 Å². The number of rotatable bonds is 7. The van der Waals surface area contributed by atoms with Crippen molar-refractivity contribution < 1.29 is 18.0 Å². The van der Waals surface area contributed by atoms with Gasteiger partial charge in [0.05, 0.1) is 11.6 Å². The lowest BCUT2D eigenvalue weighted by Gasteiger charge is -2.27. The summed E-state index contributed by atoms with van der Waals surface area (Å²) in [6.45, 7) is 3.80. The molecule has 0 aliphatic heterocycles. The molecule has 3 nitrogen and oxygen atoms in total. The summed E-state index contributed by atoms with van der Waals surface area (Å²) < 4.78 is 38.4. The van der Waals surface area contributed by atoms with E-state index >= 15 is 0 Å². The van der Waals surface area contributed by atoms with Gasteiger partial charge in [-0.25, -0.2) is 0 Å². The number of alkyl halides is 3. The van der Waals surface area contributed by atoms with Crippen LogP contribution in [0.5, 0.6) is 0 Å². The number of nitrogens with one attached hydrogen (secondary N) is 1. The van der Waals surface area contributed by atoms with Gasteiger partial charge in [-0.15, -0.1) is 12.4 Å². The average Bonchev–Trinajstić information content (AvgIpc) is 2.49. The van der Waals surface area contributed by atoms with E-state index in [0.717, 1.165) is 17.9 Å². The van der Waals surface area contributed by atoms with Crippen molar-refractivity contribution >= 4 is 30.1 Å². The molecule has 0 aromatic heterocycles. The van der Waals surface area contributed by atoms with Crippen molar-refractivity contribution in [3.63, 3.8) is 0 Å². The summed E-state index contributed by atoms with van der Waals surface area (Å²) in [5, 5.41) is 2.73. The Morgan fingerprint density at radius 1 is 1.29 bits per heavy atom. The molecule has 0 aliphatic rings. The number of hydrogen-bond acceptors (Lipinski definition) is 3. The summed E-state index contributed by atoms with van der Waals surface area (Å²) in [4.78, 5) is 11.9. The van der Waals surface area contributed by atoms with Crippen LogP contribution in [0, 0.1) is 0 Å². The molecule has 0 bridgehead atoms. The summed E-state index contributed by atoms with van der Waals surface area (Å²) >= 11 is 1.61. The highest BCUT2D eigenvalue weighted by Gasteiger charge is 2.32. The third-order valence-corrected chi connectivity index (χ3v) is 4.29. The van der Waals surface area contributed by atoms with Crippen LogP contribution < -0.4 is 11.1 Å². The van der Waals surface area contributed by atoms with E-state index < -0.39 is 23.2 Å². The summed E-state index contributed by atoms with van der Waals surface area (Å²) in [6.07, 6.45) is -1.88. The zero-order valence-corrected chi connectivity index (χ0v) is 15.6. The molecule has 0 spiro atoms. The van der Waals surface area contributed by atoms with Crippen molar-refractivity contribution in [2.45, 2.75) is 37.9 Å². The Balaban J connectivity index is 0.00000529. The van der Waals surface area contributed by atoms with E-state index in [-0.39, 0.29) is 24.9 Å². The zero-order valence-electron chi connectivity index (χ0n) is 13.9. The molecule has 1 aromatic rings. The molecule has 1 aromatic carbocycles. The van der Waals surface area contributed by atoms with Crippen molar-refractivity contribution in [2.75, 3.05) is 18.6 Å². The van der Waals surface area contributed by atoms with Gasteiger partial charge in [-0.05, 0) is 30.1 Å². The molecule has 0 aliphatic carbocycles. The van der Waals surface area contributed by atoms with Crippen LogP contribution in [0.2, 0.25) is 0 Å². The van der Waals surface area contributed by atoms with Crippen molar-refractivity contribution in [3.05, 3.63) is 35.4 Å². The normalized spacial score (nSPS) is 13.1. The molecule has 138 valence electrons. The number of amides is 1. The fourth-order valence-electron chi connectivity index (χ4n) is 2.03. The minimum Gasteiger partial charge on any atom is -0.354 e. The molecule has 0 unspecified atom stereocenters. The maximum atomic E-state index is 12.8. The smallest absolute Gasteiger partial charge is 0.354 e. The number of benzene rings is 1. The third-order valence-electron chi connectivity index (χ3n) is 3.65. The Morgan fingerprint density at radius 2 is 1.88 bits per heavy atom. The molecule has 3 N–H and O–H groups in total. The maximum Gasteiger partial charge on any atom is 0.416 e. The largest absolute Gasteiger partial charge is 0.416 e. The second-order valence-corrected chi connectivity index (χ2v) is 7.05. The molecule has 0 heterocycles. The van der Waals surface area contributed by atoms with E-state index in [1.165, 1.54) is 6.07 Å².